The van der Waals surface area contributed by atoms with Crippen LogP contribution in [0.1, 0.15) is 11.1 Å². The molecule has 3 rings (SSSR count). The average molecular weight is 375 g/mol. The second-order valence-electron chi connectivity index (χ2n) is 5.67. The molecule has 1 heterocycles. The summed E-state index contributed by atoms with van der Waals surface area (Å²) in [6, 6.07) is 9.90. The smallest absolute Gasteiger partial charge is 0.187 e. The normalized spacial score (nSPS) is 10.6. The van der Waals surface area contributed by atoms with Gasteiger partial charge in [0.15, 0.2) is 5.13 Å². The molecule has 2 aromatic carbocycles. The fourth-order valence-electron chi connectivity index (χ4n) is 2.54. The SMILES string of the molecule is COc1cc(Nc2nc(-c3cc(C)ccc3C)cs2)c(OC)cc1Cl. The van der Waals surface area contributed by atoms with E-state index < -0.39 is 0 Å². The van der Waals surface area contributed by atoms with Crippen molar-refractivity contribution in [2.24, 2.45) is 0 Å². The Hall–Kier alpha value is -2.24. The van der Waals surface area contributed by atoms with E-state index in [9.17, 15) is 0 Å². The Labute approximate surface area is 156 Å². The highest BCUT2D eigenvalue weighted by molar-refractivity contribution is 7.14. The monoisotopic (exact) mass is 374 g/mol. The number of rotatable bonds is 5. The van der Waals surface area contributed by atoms with E-state index in [1.54, 1.807) is 26.4 Å². The third-order valence-corrected chi connectivity index (χ3v) is 4.94. The van der Waals surface area contributed by atoms with Gasteiger partial charge in [0.25, 0.3) is 0 Å². The van der Waals surface area contributed by atoms with Crippen LogP contribution in [0, 0.1) is 13.8 Å². The van der Waals surface area contributed by atoms with E-state index in [1.807, 2.05) is 5.38 Å². The van der Waals surface area contributed by atoms with Crippen molar-refractivity contribution in [2.75, 3.05) is 19.5 Å². The standard InChI is InChI=1S/C19H19ClN2O2S/c1-11-5-6-12(2)13(7-11)16-10-25-19(22-16)21-15-9-17(23-3)14(20)8-18(15)24-4/h5-10H,1-4H3,(H,21,22). The zero-order chi connectivity index (χ0) is 18.0. The lowest BCUT2D eigenvalue weighted by Gasteiger charge is -2.12. The fourth-order valence-corrected chi connectivity index (χ4v) is 3.49. The van der Waals surface area contributed by atoms with Crippen molar-refractivity contribution in [1.82, 2.24) is 4.98 Å². The van der Waals surface area contributed by atoms with Gasteiger partial charge in [0, 0.05) is 23.1 Å². The van der Waals surface area contributed by atoms with Crippen molar-refractivity contribution in [3.63, 3.8) is 0 Å². The third kappa shape index (κ3) is 3.72. The Bertz CT molecular complexity index is 908. The highest BCUT2D eigenvalue weighted by Gasteiger charge is 2.13. The van der Waals surface area contributed by atoms with Crippen molar-refractivity contribution < 1.29 is 9.47 Å². The predicted molar refractivity (Wildman–Crippen MR) is 105 cm³/mol. The summed E-state index contributed by atoms with van der Waals surface area (Å²) < 4.78 is 10.7. The van der Waals surface area contributed by atoms with Crippen LogP contribution in [0.15, 0.2) is 35.7 Å². The molecule has 0 amide bonds. The molecule has 0 unspecified atom stereocenters. The number of thiazole rings is 1. The Morgan fingerprint density at radius 3 is 2.52 bits per heavy atom. The molecule has 130 valence electrons. The maximum Gasteiger partial charge on any atom is 0.187 e. The van der Waals surface area contributed by atoms with E-state index in [1.165, 1.54) is 22.5 Å². The predicted octanol–water partition coefficient (Wildman–Crippen LogP) is 5.84. The Morgan fingerprint density at radius 2 is 1.80 bits per heavy atom. The van der Waals surface area contributed by atoms with Crippen LogP contribution in [-0.2, 0) is 0 Å². The van der Waals surface area contributed by atoms with Gasteiger partial charge < -0.3 is 14.8 Å². The molecule has 3 aromatic rings. The van der Waals surface area contributed by atoms with Gasteiger partial charge in [-0.2, -0.15) is 0 Å². The maximum atomic E-state index is 6.15. The Morgan fingerprint density at radius 1 is 1.04 bits per heavy atom. The molecule has 0 saturated carbocycles. The molecule has 0 spiro atoms. The van der Waals surface area contributed by atoms with Gasteiger partial charge in [-0.15, -0.1) is 11.3 Å². The topological polar surface area (TPSA) is 43.4 Å². The van der Waals surface area contributed by atoms with Crippen LogP contribution in [0.2, 0.25) is 5.02 Å². The van der Waals surface area contributed by atoms with Crippen LogP contribution in [-0.4, -0.2) is 19.2 Å². The van der Waals surface area contributed by atoms with Crippen LogP contribution in [0.4, 0.5) is 10.8 Å². The summed E-state index contributed by atoms with van der Waals surface area (Å²) >= 11 is 7.69. The lowest BCUT2D eigenvalue weighted by Crippen LogP contribution is -1.96. The summed E-state index contributed by atoms with van der Waals surface area (Å²) in [6.45, 7) is 4.17. The van der Waals surface area contributed by atoms with Gasteiger partial charge in [-0.3, -0.25) is 0 Å². The second-order valence-corrected chi connectivity index (χ2v) is 6.93. The molecule has 6 heteroatoms. The molecule has 0 fully saturated rings. The zero-order valence-corrected chi connectivity index (χ0v) is 16.1. The number of ether oxygens (including phenoxy) is 2. The van der Waals surface area contributed by atoms with Crippen molar-refractivity contribution >= 4 is 33.8 Å². The summed E-state index contributed by atoms with van der Waals surface area (Å²) in [5, 5.41) is 6.62. The molecule has 0 atom stereocenters. The van der Waals surface area contributed by atoms with Crippen molar-refractivity contribution in [2.45, 2.75) is 13.8 Å². The number of nitrogens with zero attached hydrogens (tertiary/aromatic N) is 1. The van der Waals surface area contributed by atoms with E-state index in [0.717, 1.165) is 22.1 Å². The van der Waals surface area contributed by atoms with Gasteiger partial charge in [-0.25, -0.2) is 4.98 Å². The van der Waals surface area contributed by atoms with Crippen LogP contribution in [0.5, 0.6) is 11.5 Å². The minimum Gasteiger partial charge on any atom is -0.495 e. The number of nitrogens with one attached hydrogen (secondary N) is 1. The highest BCUT2D eigenvalue weighted by atomic mass is 35.5. The van der Waals surface area contributed by atoms with Gasteiger partial charge in [-0.1, -0.05) is 29.3 Å². The minimum absolute atomic E-state index is 0.500. The molecular formula is C19H19ClN2O2S. The summed E-state index contributed by atoms with van der Waals surface area (Å²) in [7, 11) is 3.19. The first-order valence-corrected chi connectivity index (χ1v) is 8.99. The molecular weight excluding hydrogens is 356 g/mol. The molecule has 0 aliphatic heterocycles. The van der Waals surface area contributed by atoms with E-state index >= 15 is 0 Å². The van der Waals surface area contributed by atoms with E-state index in [-0.39, 0.29) is 0 Å². The first-order chi connectivity index (χ1) is 12.0. The summed E-state index contributed by atoms with van der Waals surface area (Å²) in [5.41, 5.74) is 5.27. The van der Waals surface area contributed by atoms with Crippen LogP contribution in [0.3, 0.4) is 0 Å². The van der Waals surface area contributed by atoms with Gasteiger partial charge in [0.2, 0.25) is 0 Å². The third-order valence-electron chi connectivity index (χ3n) is 3.89. The molecule has 1 N–H and O–H groups in total. The minimum atomic E-state index is 0.500. The Balaban J connectivity index is 1.93. The molecule has 0 aliphatic rings. The van der Waals surface area contributed by atoms with E-state index in [4.69, 9.17) is 26.1 Å². The highest BCUT2D eigenvalue weighted by Crippen LogP contribution is 2.38. The van der Waals surface area contributed by atoms with Crippen LogP contribution < -0.4 is 14.8 Å². The molecule has 25 heavy (non-hydrogen) atoms. The number of aromatic nitrogens is 1. The number of hydrogen-bond donors (Lipinski definition) is 1. The lowest BCUT2D eigenvalue weighted by molar-refractivity contribution is 0.405. The second kappa shape index (κ2) is 7.33. The number of benzene rings is 2. The van der Waals surface area contributed by atoms with Crippen LogP contribution in [0.25, 0.3) is 11.3 Å². The summed E-state index contributed by atoms with van der Waals surface area (Å²) in [5.74, 6) is 1.21. The van der Waals surface area contributed by atoms with Gasteiger partial charge in [-0.05, 0) is 25.5 Å². The van der Waals surface area contributed by atoms with Crippen molar-refractivity contribution in [3.05, 3.63) is 51.9 Å². The first kappa shape index (κ1) is 17.6. The van der Waals surface area contributed by atoms with Crippen molar-refractivity contribution in [1.29, 1.82) is 0 Å². The average Bonchev–Trinajstić information content (AvgIpc) is 3.06. The molecule has 0 radical (unpaired) electrons. The van der Waals surface area contributed by atoms with Crippen molar-refractivity contribution in [3.8, 4) is 22.8 Å². The first-order valence-electron chi connectivity index (χ1n) is 7.73. The number of methoxy groups -OCH3 is 2. The summed E-state index contributed by atoms with van der Waals surface area (Å²) in [4.78, 5) is 4.71. The van der Waals surface area contributed by atoms with Gasteiger partial charge in [0.1, 0.15) is 11.5 Å². The number of halogens is 1. The maximum absolute atomic E-state index is 6.15. The van der Waals surface area contributed by atoms with E-state index in [0.29, 0.717) is 16.5 Å². The number of aryl methyl sites for hydroxylation is 2. The molecule has 0 saturated heterocycles. The molecule has 1 aromatic heterocycles. The fraction of sp³-hybridized carbons (Fsp3) is 0.211. The quantitative estimate of drug-likeness (QED) is 0.609. The van der Waals surface area contributed by atoms with Crippen LogP contribution >= 0.6 is 22.9 Å². The Kier molecular flexibility index (Phi) is 5.16. The van der Waals surface area contributed by atoms with E-state index in [2.05, 4.69) is 37.4 Å². The number of anilines is 2. The van der Waals surface area contributed by atoms with Gasteiger partial charge >= 0.3 is 0 Å². The zero-order valence-electron chi connectivity index (χ0n) is 14.5. The molecule has 0 aliphatic carbocycles. The molecule has 0 bridgehead atoms. The molecule has 4 nitrogen and oxygen atoms in total. The lowest BCUT2D eigenvalue weighted by atomic mass is 10.0. The summed E-state index contributed by atoms with van der Waals surface area (Å²) in [6.07, 6.45) is 0. The van der Waals surface area contributed by atoms with Gasteiger partial charge in [0.05, 0.1) is 30.6 Å². The number of hydrogen-bond acceptors (Lipinski definition) is 5. The largest absolute Gasteiger partial charge is 0.495 e.